The summed E-state index contributed by atoms with van der Waals surface area (Å²) in [5.74, 6) is -0.405. The van der Waals surface area contributed by atoms with Gasteiger partial charge < -0.3 is 0 Å². The molecular weight excluding hydrogens is 268 g/mol. The van der Waals surface area contributed by atoms with Crippen molar-refractivity contribution in [2.45, 2.75) is 0 Å². The van der Waals surface area contributed by atoms with Gasteiger partial charge in [0.25, 0.3) is 5.91 Å². The minimum Gasteiger partial charge on any atom is -0.267 e. The van der Waals surface area contributed by atoms with E-state index in [1.807, 2.05) is 30.3 Å². The van der Waals surface area contributed by atoms with E-state index < -0.39 is 11.9 Å². The summed E-state index contributed by atoms with van der Waals surface area (Å²) >= 11 is 0. The van der Waals surface area contributed by atoms with E-state index in [1.165, 1.54) is 6.21 Å². The number of carbonyl (C=O) groups is 2. The fraction of sp³-hybridized carbons (Fsp3) is 0. The second kappa shape index (κ2) is 7.44. The molecule has 3 N–H and O–H groups in total. The Morgan fingerprint density at radius 3 is 2.14 bits per heavy atom. The molecule has 0 aliphatic rings. The first-order valence-electron chi connectivity index (χ1n) is 6.25. The first kappa shape index (κ1) is 14.3. The van der Waals surface area contributed by atoms with E-state index >= 15 is 0 Å². The molecule has 0 aliphatic heterocycles. The molecule has 21 heavy (non-hydrogen) atoms. The smallest absolute Gasteiger partial charge is 0.267 e. The van der Waals surface area contributed by atoms with Crippen LogP contribution in [0.1, 0.15) is 15.9 Å². The lowest BCUT2D eigenvalue weighted by Crippen LogP contribution is -2.45. The zero-order valence-corrected chi connectivity index (χ0v) is 11.1. The van der Waals surface area contributed by atoms with Crippen LogP contribution in [-0.2, 0) is 0 Å². The maximum absolute atomic E-state index is 11.7. The second-order valence-electron chi connectivity index (χ2n) is 4.05. The molecular formula is C15H14N4O2. The molecule has 0 unspecified atom stereocenters. The van der Waals surface area contributed by atoms with Crippen LogP contribution in [0.4, 0.5) is 4.79 Å². The van der Waals surface area contributed by atoms with Crippen LogP contribution < -0.4 is 16.3 Å². The van der Waals surface area contributed by atoms with Crippen LogP contribution in [0, 0.1) is 0 Å². The Hall–Kier alpha value is -3.15. The van der Waals surface area contributed by atoms with Crippen molar-refractivity contribution >= 4 is 18.2 Å². The lowest BCUT2D eigenvalue weighted by Gasteiger charge is -2.06. The van der Waals surface area contributed by atoms with Crippen LogP contribution in [0.5, 0.6) is 0 Å². The van der Waals surface area contributed by atoms with Crippen LogP contribution in [-0.4, -0.2) is 18.2 Å². The Morgan fingerprint density at radius 1 is 0.857 bits per heavy atom. The van der Waals surface area contributed by atoms with Crippen molar-refractivity contribution in [3.8, 4) is 0 Å². The Kier molecular flexibility index (Phi) is 5.05. The van der Waals surface area contributed by atoms with E-state index in [-0.39, 0.29) is 0 Å². The molecule has 0 aromatic heterocycles. The molecule has 2 aromatic carbocycles. The molecule has 106 valence electrons. The van der Waals surface area contributed by atoms with E-state index in [9.17, 15) is 9.59 Å². The van der Waals surface area contributed by atoms with Crippen molar-refractivity contribution < 1.29 is 9.59 Å². The number of hydrogen-bond acceptors (Lipinski definition) is 3. The van der Waals surface area contributed by atoms with Crippen LogP contribution in [0.2, 0.25) is 0 Å². The van der Waals surface area contributed by atoms with Crippen LogP contribution >= 0.6 is 0 Å². The van der Waals surface area contributed by atoms with Gasteiger partial charge in [-0.25, -0.2) is 15.6 Å². The minimum absolute atomic E-state index is 0.405. The molecule has 0 bridgehead atoms. The van der Waals surface area contributed by atoms with Gasteiger partial charge in [0.05, 0.1) is 6.21 Å². The lowest BCUT2D eigenvalue weighted by atomic mass is 10.2. The molecule has 0 radical (unpaired) electrons. The van der Waals surface area contributed by atoms with E-state index in [4.69, 9.17) is 0 Å². The van der Waals surface area contributed by atoms with Gasteiger partial charge in [0.15, 0.2) is 0 Å². The third-order valence-corrected chi connectivity index (χ3v) is 2.50. The summed E-state index contributed by atoms with van der Waals surface area (Å²) < 4.78 is 0. The van der Waals surface area contributed by atoms with Gasteiger partial charge in [-0.2, -0.15) is 5.10 Å². The molecule has 2 aromatic rings. The molecule has 0 saturated heterocycles. The normalized spacial score (nSPS) is 10.1. The number of urea groups is 1. The highest BCUT2D eigenvalue weighted by Gasteiger charge is 2.05. The predicted octanol–water partition coefficient (Wildman–Crippen LogP) is 1.66. The van der Waals surface area contributed by atoms with E-state index in [1.54, 1.807) is 30.3 Å². The van der Waals surface area contributed by atoms with Crippen molar-refractivity contribution in [1.82, 2.24) is 16.3 Å². The fourth-order valence-corrected chi connectivity index (χ4v) is 1.51. The molecule has 0 heterocycles. The maximum atomic E-state index is 11.7. The summed E-state index contributed by atoms with van der Waals surface area (Å²) in [6.45, 7) is 0. The zero-order valence-electron chi connectivity index (χ0n) is 11.1. The largest absolute Gasteiger partial charge is 0.353 e. The van der Waals surface area contributed by atoms with E-state index in [0.29, 0.717) is 5.56 Å². The zero-order chi connectivity index (χ0) is 14.9. The Balaban J connectivity index is 1.75. The SMILES string of the molecule is O=C(NN=Cc1ccccc1)NNC(=O)c1ccccc1. The van der Waals surface area contributed by atoms with E-state index in [2.05, 4.69) is 21.4 Å². The summed E-state index contributed by atoms with van der Waals surface area (Å²) in [5, 5.41) is 3.75. The van der Waals surface area contributed by atoms with Crippen molar-refractivity contribution in [3.05, 3.63) is 71.8 Å². The monoisotopic (exact) mass is 282 g/mol. The number of nitrogens with zero attached hydrogens (tertiary/aromatic N) is 1. The molecule has 3 amide bonds. The first-order chi connectivity index (χ1) is 10.3. The average molecular weight is 282 g/mol. The summed E-state index contributed by atoms with van der Waals surface area (Å²) in [6, 6.07) is 17.2. The number of carbonyl (C=O) groups excluding carboxylic acids is 2. The quantitative estimate of drug-likeness (QED) is 0.591. The molecule has 0 saturated carbocycles. The number of rotatable bonds is 3. The molecule has 2 rings (SSSR count). The standard InChI is InChI=1S/C15H14N4O2/c20-14(13-9-5-2-6-10-13)17-19-15(21)18-16-11-12-7-3-1-4-8-12/h1-11H,(H,17,20)(H2,18,19,21). The van der Waals surface area contributed by atoms with Crippen LogP contribution in [0.3, 0.4) is 0 Å². The first-order valence-corrected chi connectivity index (χ1v) is 6.25. The molecule has 0 spiro atoms. The summed E-state index contributed by atoms with van der Waals surface area (Å²) in [4.78, 5) is 23.1. The topological polar surface area (TPSA) is 82.6 Å². The van der Waals surface area contributed by atoms with Gasteiger partial charge in [-0.15, -0.1) is 0 Å². The van der Waals surface area contributed by atoms with Gasteiger partial charge in [-0.3, -0.25) is 10.2 Å². The minimum atomic E-state index is -0.633. The van der Waals surface area contributed by atoms with Gasteiger partial charge in [0.2, 0.25) is 0 Å². The highest BCUT2D eigenvalue weighted by atomic mass is 16.2. The number of benzene rings is 2. The second-order valence-corrected chi connectivity index (χ2v) is 4.05. The van der Waals surface area contributed by atoms with Gasteiger partial charge in [-0.05, 0) is 17.7 Å². The number of amides is 3. The Bertz CT molecular complexity index is 627. The summed E-state index contributed by atoms with van der Waals surface area (Å²) in [6.07, 6.45) is 1.50. The highest BCUT2D eigenvalue weighted by molar-refractivity contribution is 5.95. The van der Waals surface area contributed by atoms with Gasteiger partial charge in [0, 0.05) is 5.56 Å². The number of nitrogens with one attached hydrogen (secondary N) is 3. The number of hydrazine groups is 1. The van der Waals surface area contributed by atoms with Crippen molar-refractivity contribution in [1.29, 1.82) is 0 Å². The highest BCUT2D eigenvalue weighted by Crippen LogP contribution is 1.96. The number of hydrazone groups is 1. The third kappa shape index (κ3) is 4.79. The maximum Gasteiger partial charge on any atom is 0.353 e. The molecule has 0 aliphatic carbocycles. The van der Waals surface area contributed by atoms with Crippen LogP contribution in [0.25, 0.3) is 0 Å². The molecule has 0 atom stereocenters. The van der Waals surface area contributed by atoms with E-state index in [0.717, 1.165) is 5.56 Å². The fourth-order valence-electron chi connectivity index (χ4n) is 1.51. The van der Waals surface area contributed by atoms with Gasteiger partial charge in [0.1, 0.15) is 0 Å². The summed E-state index contributed by atoms with van der Waals surface area (Å²) in [7, 11) is 0. The summed E-state index contributed by atoms with van der Waals surface area (Å²) in [5.41, 5.74) is 8.02. The Labute approximate surface area is 121 Å². The van der Waals surface area contributed by atoms with Crippen LogP contribution in [0.15, 0.2) is 65.8 Å². The Morgan fingerprint density at radius 2 is 1.48 bits per heavy atom. The van der Waals surface area contributed by atoms with Crippen molar-refractivity contribution in [2.24, 2.45) is 5.10 Å². The lowest BCUT2D eigenvalue weighted by molar-refractivity contribution is 0.0936. The third-order valence-electron chi connectivity index (χ3n) is 2.50. The van der Waals surface area contributed by atoms with Crippen molar-refractivity contribution in [2.75, 3.05) is 0 Å². The predicted molar refractivity (Wildman–Crippen MR) is 79.6 cm³/mol. The average Bonchev–Trinajstić information content (AvgIpc) is 2.54. The van der Waals surface area contributed by atoms with Gasteiger partial charge in [-0.1, -0.05) is 48.5 Å². The van der Waals surface area contributed by atoms with Crippen molar-refractivity contribution in [3.63, 3.8) is 0 Å². The molecule has 0 fully saturated rings. The number of hydrogen-bond donors (Lipinski definition) is 3. The van der Waals surface area contributed by atoms with Gasteiger partial charge >= 0.3 is 6.03 Å². The molecule has 6 nitrogen and oxygen atoms in total. The molecule has 6 heteroatoms.